The highest BCUT2D eigenvalue weighted by Gasteiger charge is 2.11. The molecule has 0 aliphatic rings. The van der Waals surface area contributed by atoms with E-state index in [1.54, 1.807) is 11.3 Å². The molecule has 0 aliphatic heterocycles. The Hall–Kier alpha value is -1.58. The molecule has 0 fully saturated rings. The molecular weight excluding hydrogens is 228 g/mol. The van der Waals surface area contributed by atoms with Crippen molar-refractivity contribution in [2.24, 2.45) is 0 Å². The van der Waals surface area contributed by atoms with E-state index in [1.807, 2.05) is 7.05 Å². The van der Waals surface area contributed by atoms with Crippen LogP contribution < -0.4 is 5.32 Å². The fraction of sp³-hybridized carbons (Fsp3) is 0.143. The van der Waals surface area contributed by atoms with Gasteiger partial charge < -0.3 is 9.72 Å². The number of aromatic nitrogens is 1. The summed E-state index contributed by atoms with van der Waals surface area (Å²) in [6, 6.07) is 10.6. The van der Waals surface area contributed by atoms with Crippen LogP contribution in [-0.4, -0.2) is 11.4 Å². The van der Waals surface area contributed by atoms with Crippen LogP contribution in [0.3, 0.4) is 0 Å². The molecule has 3 heterocycles. The summed E-state index contributed by atoms with van der Waals surface area (Å²) < 4.78 is 2.20. The summed E-state index contributed by atoms with van der Waals surface area (Å²) in [4.78, 5) is 1.33. The van der Waals surface area contributed by atoms with Crippen molar-refractivity contribution in [3.8, 4) is 10.4 Å². The van der Waals surface area contributed by atoms with E-state index in [2.05, 4.69) is 57.8 Å². The highest BCUT2D eigenvalue weighted by Crippen LogP contribution is 2.31. The van der Waals surface area contributed by atoms with Crippen molar-refractivity contribution >= 4 is 16.9 Å². The van der Waals surface area contributed by atoms with E-state index >= 15 is 0 Å². The Bertz CT molecular complexity index is 623. The normalized spacial score (nSPS) is 11.1. The first-order valence-electron chi connectivity index (χ1n) is 5.67. The summed E-state index contributed by atoms with van der Waals surface area (Å²) in [7, 11) is 1.99. The SMILES string of the molecule is CNCc1c(-c2cccs2)cn2ccccc12. The van der Waals surface area contributed by atoms with Gasteiger partial charge in [-0.3, -0.25) is 0 Å². The Morgan fingerprint density at radius 1 is 1.24 bits per heavy atom. The van der Waals surface area contributed by atoms with Gasteiger partial charge in [0.05, 0.1) is 5.52 Å². The highest BCUT2D eigenvalue weighted by molar-refractivity contribution is 7.13. The van der Waals surface area contributed by atoms with Crippen LogP contribution in [0.25, 0.3) is 16.0 Å². The first kappa shape index (κ1) is 10.6. The fourth-order valence-electron chi connectivity index (χ4n) is 2.19. The molecule has 0 aromatic carbocycles. The number of hydrogen-bond donors (Lipinski definition) is 1. The van der Waals surface area contributed by atoms with Crippen molar-refractivity contribution < 1.29 is 0 Å². The van der Waals surface area contributed by atoms with E-state index < -0.39 is 0 Å². The van der Waals surface area contributed by atoms with Gasteiger partial charge in [-0.25, -0.2) is 0 Å². The topological polar surface area (TPSA) is 16.4 Å². The van der Waals surface area contributed by atoms with Crippen LogP contribution in [0.2, 0.25) is 0 Å². The first-order valence-corrected chi connectivity index (χ1v) is 6.55. The van der Waals surface area contributed by atoms with E-state index in [9.17, 15) is 0 Å². The molecule has 86 valence electrons. The van der Waals surface area contributed by atoms with Gasteiger partial charge in [0.2, 0.25) is 0 Å². The molecular formula is C14H14N2S. The average Bonchev–Trinajstić information content (AvgIpc) is 2.97. The molecule has 0 amide bonds. The van der Waals surface area contributed by atoms with Crippen molar-refractivity contribution in [1.29, 1.82) is 0 Å². The molecule has 0 saturated carbocycles. The molecule has 1 N–H and O–H groups in total. The van der Waals surface area contributed by atoms with Crippen LogP contribution in [0.15, 0.2) is 48.1 Å². The number of pyridine rings is 1. The summed E-state index contributed by atoms with van der Waals surface area (Å²) in [5.74, 6) is 0. The van der Waals surface area contributed by atoms with E-state index in [1.165, 1.54) is 21.5 Å². The van der Waals surface area contributed by atoms with Gasteiger partial charge in [0.1, 0.15) is 0 Å². The van der Waals surface area contributed by atoms with E-state index in [4.69, 9.17) is 0 Å². The van der Waals surface area contributed by atoms with Crippen LogP contribution in [0.1, 0.15) is 5.56 Å². The maximum Gasteiger partial charge on any atom is 0.0501 e. The van der Waals surface area contributed by atoms with Gasteiger partial charge in [-0.2, -0.15) is 0 Å². The summed E-state index contributed by atoms with van der Waals surface area (Å²) >= 11 is 1.79. The Kier molecular flexibility index (Phi) is 2.71. The minimum absolute atomic E-state index is 0.897. The molecule has 3 aromatic heterocycles. The number of thiophene rings is 1. The average molecular weight is 242 g/mol. The molecule has 0 unspecified atom stereocenters. The van der Waals surface area contributed by atoms with Gasteiger partial charge in [0.25, 0.3) is 0 Å². The quantitative estimate of drug-likeness (QED) is 0.744. The molecule has 0 radical (unpaired) electrons. The predicted octanol–water partition coefficient (Wildman–Crippen LogP) is 3.39. The Morgan fingerprint density at radius 2 is 2.18 bits per heavy atom. The third-order valence-corrected chi connectivity index (χ3v) is 3.84. The molecule has 2 nitrogen and oxygen atoms in total. The van der Waals surface area contributed by atoms with Gasteiger partial charge in [-0.1, -0.05) is 12.1 Å². The Morgan fingerprint density at radius 3 is 2.94 bits per heavy atom. The zero-order chi connectivity index (χ0) is 11.7. The number of nitrogens with zero attached hydrogens (tertiary/aromatic N) is 1. The van der Waals surface area contributed by atoms with Gasteiger partial charge in [-0.05, 0) is 30.6 Å². The molecule has 3 aromatic rings. The first-order chi connectivity index (χ1) is 8.40. The standard InChI is InChI=1S/C14H14N2S/c1-15-9-11-12(14-6-4-8-17-14)10-16-7-3-2-5-13(11)16/h2-8,10,15H,9H2,1H3. The van der Waals surface area contributed by atoms with E-state index in [0.29, 0.717) is 0 Å². The molecule has 0 bridgehead atoms. The number of hydrogen-bond acceptors (Lipinski definition) is 2. The summed E-state index contributed by atoms with van der Waals surface area (Å²) in [5, 5.41) is 5.38. The maximum absolute atomic E-state index is 3.26. The lowest BCUT2D eigenvalue weighted by Crippen LogP contribution is -2.05. The minimum Gasteiger partial charge on any atom is -0.323 e. The molecule has 0 aliphatic carbocycles. The van der Waals surface area contributed by atoms with Gasteiger partial charge in [-0.15, -0.1) is 11.3 Å². The van der Waals surface area contributed by atoms with Crippen molar-refractivity contribution in [3.05, 3.63) is 53.7 Å². The van der Waals surface area contributed by atoms with Crippen molar-refractivity contribution in [1.82, 2.24) is 9.72 Å². The second kappa shape index (κ2) is 4.35. The highest BCUT2D eigenvalue weighted by atomic mass is 32.1. The van der Waals surface area contributed by atoms with Crippen LogP contribution in [-0.2, 0) is 6.54 Å². The van der Waals surface area contributed by atoms with E-state index in [-0.39, 0.29) is 0 Å². The number of nitrogens with one attached hydrogen (secondary N) is 1. The summed E-state index contributed by atoms with van der Waals surface area (Å²) in [5.41, 5.74) is 3.99. The second-order valence-electron chi connectivity index (χ2n) is 4.02. The molecule has 17 heavy (non-hydrogen) atoms. The van der Waals surface area contributed by atoms with Crippen molar-refractivity contribution in [3.63, 3.8) is 0 Å². The van der Waals surface area contributed by atoms with E-state index in [0.717, 1.165) is 6.54 Å². The third kappa shape index (κ3) is 1.77. The lowest BCUT2D eigenvalue weighted by Gasteiger charge is -2.02. The van der Waals surface area contributed by atoms with Crippen molar-refractivity contribution in [2.45, 2.75) is 6.54 Å². The smallest absolute Gasteiger partial charge is 0.0501 e. The minimum atomic E-state index is 0.897. The summed E-state index contributed by atoms with van der Waals surface area (Å²) in [6.45, 7) is 0.897. The molecule has 3 rings (SSSR count). The Labute approximate surface area is 105 Å². The largest absolute Gasteiger partial charge is 0.323 e. The zero-order valence-electron chi connectivity index (χ0n) is 9.68. The molecule has 0 saturated heterocycles. The molecule has 0 spiro atoms. The Balaban J connectivity index is 2.26. The monoisotopic (exact) mass is 242 g/mol. The van der Waals surface area contributed by atoms with Crippen LogP contribution in [0.5, 0.6) is 0 Å². The van der Waals surface area contributed by atoms with Crippen molar-refractivity contribution in [2.75, 3.05) is 7.05 Å². The van der Waals surface area contributed by atoms with Gasteiger partial charge >= 0.3 is 0 Å². The maximum atomic E-state index is 3.26. The third-order valence-electron chi connectivity index (χ3n) is 2.93. The number of rotatable bonds is 3. The zero-order valence-corrected chi connectivity index (χ0v) is 10.5. The number of fused-ring (bicyclic) bond motifs is 1. The summed E-state index contributed by atoms with van der Waals surface area (Å²) in [6.07, 6.45) is 4.32. The lowest BCUT2D eigenvalue weighted by atomic mass is 10.1. The van der Waals surface area contributed by atoms with Crippen LogP contribution >= 0.6 is 11.3 Å². The lowest BCUT2D eigenvalue weighted by molar-refractivity contribution is 0.825. The predicted molar refractivity (Wildman–Crippen MR) is 73.5 cm³/mol. The van der Waals surface area contributed by atoms with Gasteiger partial charge in [0.15, 0.2) is 0 Å². The fourth-order valence-corrected chi connectivity index (χ4v) is 2.95. The van der Waals surface area contributed by atoms with Crippen LogP contribution in [0, 0.1) is 0 Å². The second-order valence-corrected chi connectivity index (χ2v) is 4.97. The molecule has 0 atom stereocenters. The van der Waals surface area contributed by atoms with Gasteiger partial charge in [0, 0.05) is 34.9 Å². The molecule has 3 heteroatoms. The van der Waals surface area contributed by atoms with Crippen LogP contribution in [0.4, 0.5) is 0 Å².